The summed E-state index contributed by atoms with van der Waals surface area (Å²) in [4.78, 5) is 0. The summed E-state index contributed by atoms with van der Waals surface area (Å²) in [5.74, 6) is -1.09. The second kappa shape index (κ2) is 5.61. The van der Waals surface area contributed by atoms with E-state index in [-0.39, 0.29) is 11.7 Å². The van der Waals surface area contributed by atoms with Crippen molar-refractivity contribution in [3.05, 3.63) is 64.2 Å². The van der Waals surface area contributed by atoms with E-state index in [1.807, 2.05) is 39.0 Å². The molecule has 2 aromatic rings. The molecule has 2 aromatic carbocycles. The van der Waals surface area contributed by atoms with Crippen LogP contribution in [0.2, 0.25) is 0 Å². The number of halogens is 2. The Hall–Kier alpha value is -1.90. The van der Waals surface area contributed by atoms with Crippen LogP contribution in [0.4, 0.5) is 14.5 Å². The van der Waals surface area contributed by atoms with Crippen molar-refractivity contribution in [3.8, 4) is 0 Å². The van der Waals surface area contributed by atoms with E-state index in [1.165, 1.54) is 23.3 Å². The van der Waals surface area contributed by atoms with Crippen LogP contribution in [0.15, 0.2) is 30.3 Å². The second-order valence-electron chi connectivity index (χ2n) is 5.26. The van der Waals surface area contributed by atoms with Gasteiger partial charge in [-0.15, -0.1) is 0 Å². The number of benzene rings is 2. The van der Waals surface area contributed by atoms with Gasteiger partial charge in [0.05, 0.1) is 0 Å². The second-order valence-corrected chi connectivity index (χ2v) is 5.26. The van der Waals surface area contributed by atoms with Crippen LogP contribution >= 0.6 is 0 Å². The summed E-state index contributed by atoms with van der Waals surface area (Å²) in [6, 6.07) is 8.60. The van der Waals surface area contributed by atoms with Gasteiger partial charge in [-0.05, 0) is 56.0 Å². The Kier molecular flexibility index (Phi) is 4.07. The highest BCUT2D eigenvalue weighted by molar-refractivity contribution is 5.51. The fourth-order valence-electron chi connectivity index (χ4n) is 2.12. The highest BCUT2D eigenvalue weighted by Crippen LogP contribution is 2.27. The third kappa shape index (κ3) is 2.82. The van der Waals surface area contributed by atoms with Crippen LogP contribution in [0, 0.1) is 32.4 Å². The number of anilines is 1. The normalized spacial score (nSPS) is 12.3. The van der Waals surface area contributed by atoms with Gasteiger partial charge < -0.3 is 5.32 Å². The smallest absolute Gasteiger partial charge is 0.152 e. The molecule has 0 amide bonds. The third-order valence-electron chi connectivity index (χ3n) is 3.68. The molecule has 0 heterocycles. The number of hydrogen-bond donors (Lipinski definition) is 1. The number of nitrogens with one attached hydrogen (secondary N) is 1. The number of rotatable bonds is 3. The molecule has 20 heavy (non-hydrogen) atoms. The fraction of sp³-hybridized carbons (Fsp3) is 0.294. The summed E-state index contributed by atoms with van der Waals surface area (Å²) in [6.07, 6.45) is 0. The van der Waals surface area contributed by atoms with Crippen LogP contribution in [-0.4, -0.2) is 0 Å². The highest BCUT2D eigenvalue weighted by atomic mass is 19.1. The standard InChI is InChI=1S/C17H19F2N/c1-10-5-7-14(9-12(10)3)13(4)20-17-15(18)8-6-11(2)16(17)19/h5-9,13,20H,1-4H3. The molecule has 1 N–H and O–H groups in total. The molecule has 3 heteroatoms. The van der Waals surface area contributed by atoms with Crippen molar-refractivity contribution in [1.82, 2.24) is 0 Å². The molecule has 1 nitrogen and oxygen atoms in total. The molecule has 0 fully saturated rings. The number of aryl methyl sites for hydroxylation is 3. The summed E-state index contributed by atoms with van der Waals surface area (Å²) in [7, 11) is 0. The van der Waals surface area contributed by atoms with Gasteiger partial charge in [0.25, 0.3) is 0 Å². The van der Waals surface area contributed by atoms with Gasteiger partial charge in [0.2, 0.25) is 0 Å². The summed E-state index contributed by atoms with van der Waals surface area (Å²) >= 11 is 0. The Morgan fingerprint density at radius 2 is 1.55 bits per heavy atom. The molecule has 0 spiro atoms. The zero-order valence-electron chi connectivity index (χ0n) is 12.2. The summed E-state index contributed by atoms with van der Waals surface area (Å²) < 4.78 is 27.7. The molecule has 1 unspecified atom stereocenters. The van der Waals surface area contributed by atoms with E-state index in [0.717, 1.165) is 5.56 Å². The van der Waals surface area contributed by atoms with Crippen molar-refractivity contribution in [3.63, 3.8) is 0 Å². The first-order valence-corrected chi connectivity index (χ1v) is 6.68. The topological polar surface area (TPSA) is 12.0 Å². The van der Waals surface area contributed by atoms with E-state index >= 15 is 0 Å². The zero-order chi connectivity index (χ0) is 14.9. The maximum absolute atomic E-state index is 14.0. The molecular weight excluding hydrogens is 256 g/mol. The molecule has 0 aliphatic rings. The van der Waals surface area contributed by atoms with Gasteiger partial charge >= 0.3 is 0 Å². The van der Waals surface area contributed by atoms with Crippen molar-refractivity contribution in [2.75, 3.05) is 5.32 Å². The lowest BCUT2D eigenvalue weighted by Crippen LogP contribution is -2.10. The largest absolute Gasteiger partial charge is 0.374 e. The van der Waals surface area contributed by atoms with E-state index in [4.69, 9.17) is 0 Å². The van der Waals surface area contributed by atoms with Gasteiger partial charge in [-0.25, -0.2) is 8.78 Å². The average Bonchev–Trinajstić information content (AvgIpc) is 2.42. The summed E-state index contributed by atoms with van der Waals surface area (Å²) in [6.45, 7) is 7.59. The summed E-state index contributed by atoms with van der Waals surface area (Å²) in [5.41, 5.74) is 3.75. The molecule has 0 aromatic heterocycles. The van der Waals surface area contributed by atoms with E-state index in [0.29, 0.717) is 5.56 Å². The Morgan fingerprint density at radius 3 is 2.20 bits per heavy atom. The van der Waals surface area contributed by atoms with Crippen LogP contribution in [0.5, 0.6) is 0 Å². The van der Waals surface area contributed by atoms with Crippen molar-refractivity contribution in [2.45, 2.75) is 33.7 Å². The van der Waals surface area contributed by atoms with E-state index in [9.17, 15) is 8.78 Å². The maximum atomic E-state index is 14.0. The third-order valence-corrected chi connectivity index (χ3v) is 3.68. The predicted octanol–water partition coefficient (Wildman–Crippen LogP) is 5.06. The Labute approximate surface area is 118 Å². The number of hydrogen-bond acceptors (Lipinski definition) is 1. The van der Waals surface area contributed by atoms with Crippen LogP contribution in [-0.2, 0) is 0 Å². The lowest BCUT2D eigenvalue weighted by Gasteiger charge is -2.18. The lowest BCUT2D eigenvalue weighted by atomic mass is 10.0. The van der Waals surface area contributed by atoms with Crippen molar-refractivity contribution in [1.29, 1.82) is 0 Å². The van der Waals surface area contributed by atoms with Crippen molar-refractivity contribution in [2.24, 2.45) is 0 Å². The predicted molar refractivity (Wildman–Crippen MR) is 79.0 cm³/mol. The van der Waals surface area contributed by atoms with Crippen LogP contribution in [0.1, 0.15) is 35.2 Å². The van der Waals surface area contributed by atoms with Gasteiger partial charge in [-0.3, -0.25) is 0 Å². The van der Waals surface area contributed by atoms with Gasteiger partial charge in [0.1, 0.15) is 11.5 Å². The van der Waals surface area contributed by atoms with E-state index < -0.39 is 11.6 Å². The first kappa shape index (κ1) is 14.5. The molecule has 0 saturated heterocycles. The molecule has 0 radical (unpaired) electrons. The molecule has 0 bridgehead atoms. The average molecular weight is 275 g/mol. The summed E-state index contributed by atoms with van der Waals surface area (Å²) in [5, 5.41) is 2.93. The van der Waals surface area contributed by atoms with Gasteiger partial charge in [0.15, 0.2) is 5.82 Å². The molecule has 1 atom stereocenters. The molecule has 0 aliphatic carbocycles. The highest BCUT2D eigenvalue weighted by Gasteiger charge is 2.15. The van der Waals surface area contributed by atoms with E-state index in [1.54, 1.807) is 6.92 Å². The molecule has 0 saturated carbocycles. The van der Waals surface area contributed by atoms with Gasteiger partial charge in [-0.1, -0.05) is 24.3 Å². The van der Waals surface area contributed by atoms with Crippen molar-refractivity contribution >= 4 is 5.69 Å². The van der Waals surface area contributed by atoms with Crippen LogP contribution in [0.25, 0.3) is 0 Å². The molecular formula is C17H19F2N. The zero-order valence-corrected chi connectivity index (χ0v) is 12.2. The quantitative estimate of drug-likeness (QED) is 0.825. The van der Waals surface area contributed by atoms with Gasteiger partial charge in [-0.2, -0.15) is 0 Å². The maximum Gasteiger partial charge on any atom is 0.152 e. The fourth-order valence-corrected chi connectivity index (χ4v) is 2.12. The minimum absolute atomic E-state index is 0.0595. The Balaban J connectivity index is 2.30. The molecule has 2 rings (SSSR count). The minimum atomic E-state index is -0.566. The molecule has 106 valence electrons. The van der Waals surface area contributed by atoms with Crippen LogP contribution < -0.4 is 5.32 Å². The van der Waals surface area contributed by atoms with Crippen LogP contribution in [0.3, 0.4) is 0 Å². The first-order valence-electron chi connectivity index (χ1n) is 6.68. The van der Waals surface area contributed by atoms with Gasteiger partial charge in [0, 0.05) is 6.04 Å². The van der Waals surface area contributed by atoms with E-state index in [2.05, 4.69) is 5.32 Å². The SMILES string of the molecule is Cc1ccc(C(C)Nc2c(F)ccc(C)c2F)cc1C. The first-order chi connectivity index (χ1) is 9.40. The Morgan fingerprint density at radius 1 is 0.900 bits per heavy atom. The monoisotopic (exact) mass is 275 g/mol. The molecule has 0 aliphatic heterocycles. The van der Waals surface area contributed by atoms with Crippen molar-refractivity contribution < 1.29 is 8.78 Å². The lowest BCUT2D eigenvalue weighted by molar-refractivity contribution is 0.579. The Bertz CT molecular complexity index is 635. The minimum Gasteiger partial charge on any atom is -0.374 e.